The molecule has 4 rings (SSSR count). The first-order chi connectivity index (χ1) is 13.0. The third-order valence-electron chi connectivity index (χ3n) is 3.91. The van der Waals surface area contributed by atoms with E-state index in [1.807, 2.05) is 6.07 Å². The number of hydrogen-bond acceptors (Lipinski definition) is 5. The van der Waals surface area contributed by atoms with Gasteiger partial charge >= 0.3 is 0 Å². The van der Waals surface area contributed by atoms with E-state index in [4.69, 9.17) is 27.5 Å². The van der Waals surface area contributed by atoms with Crippen LogP contribution < -0.4 is 14.3 Å². The third-order valence-corrected chi connectivity index (χ3v) is 6.60. The van der Waals surface area contributed by atoms with Crippen LogP contribution in [0.2, 0.25) is 5.02 Å². The topological polar surface area (TPSA) is 69.9 Å². The molecule has 2 heterocycles. The van der Waals surface area contributed by atoms with E-state index in [1.165, 1.54) is 35.6 Å². The summed E-state index contributed by atoms with van der Waals surface area (Å²) in [5.41, 5.74) is 0.743. The maximum Gasteiger partial charge on any atom is 0.285 e. The maximum absolute atomic E-state index is 12.7. The van der Waals surface area contributed by atoms with Crippen LogP contribution in [0, 0.1) is 12.3 Å². The summed E-state index contributed by atoms with van der Waals surface area (Å²) >= 11 is 7.05. The number of benzene rings is 2. The summed E-state index contributed by atoms with van der Waals surface area (Å²) < 4.78 is 43.1. The molecule has 0 atom stereocenters. The first-order valence-electron chi connectivity index (χ1n) is 7.91. The highest BCUT2D eigenvalue weighted by Gasteiger charge is 2.18. The predicted octanol–water partition coefficient (Wildman–Crippen LogP) is 3.05. The second kappa shape index (κ2) is 6.93. The molecule has 0 fully saturated rings. The first kappa shape index (κ1) is 17.9. The molecular formula is C18H13ClN2O4S2. The third kappa shape index (κ3) is 3.41. The molecule has 0 bridgehead atoms. The van der Waals surface area contributed by atoms with Gasteiger partial charge in [-0.15, -0.1) is 10.8 Å². The lowest BCUT2D eigenvalue weighted by molar-refractivity contribution is 0.172. The average Bonchev–Trinajstić information content (AvgIpc) is 2.96. The molecule has 1 aliphatic rings. The van der Waals surface area contributed by atoms with Crippen molar-refractivity contribution in [2.24, 2.45) is 4.40 Å². The fraction of sp³-hybridized carbons (Fsp3) is 0.167. The molecule has 0 unspecified atom stereocenters. The second-order valence-electron chi connectivity index (χ2n) is 5.66. The zero-order valence-corrected chi connectivity index (χ0v) is 16.3. The van der Waals surface area contributed by atoms with E-state index < -0.39 is 10.0 Å². The first-order valence-corrected chi connectivity index (χ1v) is 10.5. The van der Waals surface area contributed by atoms with Gasteiger partial charge in [-0.1, -0.05) is 28.9 Å². The molecule has 0 spiro atoms. The second-order valence-corrected chi connectivity index (χ2v) is 8.71. The molecule has 0 saturated carbocycles. The molecule has 0 radical (unpaired) electrons. The minimum absolute atomic E-state index is 0.0579. The van der Waals surface area contributed by atoms with Crippen molar-refractivity contribution in [1.82, 2.24) is 4.57 Å². The zero-order chi connectivity index (χ0) is 19.0. The molecule has 138 valence electrons. The average molecular weight is 421 g/mol. The molecule has 27 heavy (non-hydrogen) atoms. The van der Waals surface area contributed by atoms with Crippen molar-refractivity contribution >= 4 is 43.2 Å². The Labute approximate surface area is 164 Å². The minimum atomic E-state index is -3.91. The van der Waals surface area contributed by atoms with Gasteiger partial charge in [0.15, 0.2) is 11.5 Å². The van der Waals surface area contributed by atoms with Gasteiger partial charge in [0, 0.05) is 17.2 Å². The van der Waals surface area contributed by atoms with E-state index in [1.54, 1.807) is 10.6 Å². The van der Waals surface area contributed by atoms with Crippen LogP contribution in [0.15, 0.2) is 45.7 Å². The molecule has 1 aromatic heterocycles. The largest absolute Gasteiger partial charge is 0.486 e. The molecule has 1 aliphatic heterocycles. The van der Waals surface area contributed by atoms with Crippen LogP contribution in [-0.2, 0) is 16.6 Å². The van der Waals surface area contributed by atoms with Crippen molar-refractivity contribution in [1.29, 1.82) is 0 Å². The number of hydrogen-bond donors (Lipinski definition) is 0. The van der Waals surface area contributed by atoms with Crippen molar-refractivity contribution < 1.29 is 17.9 Å². The predicted molar refractivity (Wildman–Crippen MR) is 104 cm³/mol. The normalized spacial score (nSPS) is 14.3. The summed E-state index contributed by atoms with van der Waals surface area (Å²) in [6, 6.07) is 9.46. The highest BCUT2D eigenvalue weighted by atomic mass is 35.5. The lowest BCUT2D eigenvalue weighted by Gasteiger charge is -2.18. The van der Waals surface area contributed by atoms with Crippen LogP contribution in [0.25, 0.3) is 10.2 Å². The Kier molecular flexibility index (Phi) is 4.60. The van der Waals surface area contributed by atoms with Crippen LogP contribution in [-0.4, -0.2) is 26.2 Å². The number of sulfonamides is 1. The van der Waals surface area contributed by atoms with Crippen molar-refractivity contribution in [3.63, 3.8) is 0 Å². The molecule has 6 nitrogen and oxygen atoms in total. The number of thiazole rings is 1. The molecule has 9 heteroatoms. The number of halogens is 1. The van der Waals surface area contributed by atoms with Gasteiger partial charge in [0.2, 0.25) is 4.80 Å². The van der Waals surface area contributed by atoms with Gasteiger partial charge in [-0.3, -0.25) is 0 Å². The number of fused-ring (bicyclic) bond motifs is 2. The molecule has 0 aliphatic carbocycles. The summed E-state index contributed by atoms with van der Waals surface area (Å²) in [7, 11) is -3.91. The van der Waals surface area contributed by atoms with Crippen molar-refractivity contribution in [2.75, 3.05) is 13.2 Å². The SMILES string of the molecule is C#CCn1/c(=N/S(=O)(=O)c2ccc(Cl)cc2)sc2cc3c(cc21)OCCO3. The Balaban J connectivity index is 1.92. The minimum Gasteiger partial charge on any atom is -0.486 e. The van der Waals surface area contributed by atoms with E-state index in [0.717, 1.165) is 10.2 Å². The van der Waals surface area contributed by atoms with E-state index in [0.29, 0.717) is 29.7 Å². The summed E-state index contributed by atoms with van der Waals surface area (Å²) in [6.45, 7) is 1.10. The monoisotopic (exact) mass is 420 g/mol. The lowest BCUT2D eigenvalue weighted by Crippen LogP contribution is -2.17. The van der Waals surface area contributed by atoms with Gasteiger partial charge in [0.25, 0.3) is 10.0 Å². The Morgan fingerprint density at radius 1 is 1.19 bits per heavy atom. The van der Waals surface area contributed by atoms with Crippen LogP contribution in [0.1, 0.15) is 0 Å². The van der Waals surface area contributed by atoms with E-state index in [2.05, 4.69) is 10.3 Å². The Morgan fingerprint density at radius 2 is 1.85 bits per heavy atom. The number of ether oxygens (including phenoxy) is 2. The Hall–Kier alpha value is -2.47. The number of terminal acetylenes is 1. The molecular weight excluding hydrogens is 408 g/mol. The lowest BCUT2D eigenvalue weighted by atomic mass is 10.2. The maximum atomic E-state index is 12.7. The summed E-state index contributed by atoms with van der Waals surface area (Å²) in [5.74, 6) is 3.76. The molecule has 0 N–H and O–H groups in total. The summed E-state index contributed by atoms with van der Waals surface area (Å²) in [6.07, 6.45) is 5.48. The molecule has 0 saturated heterocycles. The fourth-order valence-electron chi connectivity index (χ4n) is 2.68. The number of aromatic nitrogens is 1. The van der Waals surface area contributed by atoms with Crippen molar-refractivity contribution in [3.8, 4) is 23.8 Å². The van der Waals surface area contributed by atoms with Gasteiger partial charge in [-0.25, -0.2) is 0 Å². The smallest absolute Gasteiger partial charge is 0.285 e. The van der Waals surface area contributed by atoms with Gasteiger partial charge in [0.05, 0.1) is 21.7 Å². The Bertz CT molecular complexity index is 1240. The van der Waals surface area contributed by atoms with Crippen molar-refractivity contribution in [3.05, 3.63) is 46.2 Å². The number of rotatable bonds is 3. The van der Waals surface area contributed by atoms with E-state index in [-0.39, 0.29) is 16.2 Å². The Morgan fingerprint density at radius 3 is 2.52 bits per heavy atom. The van der Waals surface area contributed by atoms with Gasteiger partial charge in [-0.2, -0.15) is 8.42 Å². The highest BCUT2D eigenvalue weighted by Crippen LogP contribution is 2.35. The van der Waals surface area contributed by atoms with Gasteiger partial charge in [0.1, 0.15) is 13.2 Å². The summed E-state index contributed by atoms with van der Waals surface area (Å²) in [5, 5.41) is 0.448. The van der Waals surface area contributed by atoms with Crippen LogP contribution in [0.3, 0.4) is 0 Å². The van der Waals surface area contributed by atoms with Crippen molar-refractivity contribution in [2.45, 2.75) is 11.4 Å². The molecule has 3 aromatic rings. The quantitative estimate of drug-likeness (QED) is 0.610. The fourth-order valence-corrected chi connectivity index (χ4v) is 5.05. The van der Waals surface area contributed by atoms with E-state index in [9.17, 15) is 8.42 Å². The van der Waals surface area contributed by atoms with Crippen LogP contribution in [0.4, 0.5) is 0 Å². The van der Waals surface area contributed by atoms with Crippen LogP contribution in [0.5, 0.6) is 11.5 Å². The standard InChI is InChI=1S/C18H13ClN2O4S2/c1-2-7-21-14-10-15-16(25-9-8-24-15)11-17(14)26-18(21)20-27(22,23)13-5-3-12(19)4-6-13/h1,3-6,10-11H,7-9H2/b20-18-. The zero-order valence-electron chi connectivity index (χ0n) is 13.9. The molecule has 2 aromatic carbocycles. The highest BCUT2D eigenvalue weighted by molar-refractivity contribution is 7.90. The summed E-state index contributed by atoms with van der Waals surface area (Å²) in [4.78, 5) is 0.336. The molecule has 0 amide bonds. The number of nitrogens with zero attached hydrogens (tertiary/aromatic N) is 2. The van der Waals surface area contributed by atoms with Gasteiger partial charge < -0.3 is 14.0 Å². The van der Waals surface area contributed by atoms with E-state index >= 15 is 0 Å². The van der Waals surface area contributed by atoms with Crippen LogP contribution >= 0.6 is 22.9 Å². The van der Waals surface area contributed by atoms with Gasteiger partial charge in [-0.05, 0) is 24.3 Å².